The number of hydrogen-bond acceptors (Lipinski definition) is 4. The van der Waals surface area contributed by atoms with Crippen molar-refractivity contribution < 1.29 is 18.5 Å². The van der Waals surface area contributed by atoms with E-state index in [1.54, 1.807) is 27.7 Å². The Morgan fingerprint density at radius 2 is 2.10 bits per heavy atom. The first kappa shape index (κ1) is 18.1. The second kappa shape index (κ2) is 7.38. The number of halogens is 2. The van der Waals surface area contributed by atoms with Gasteiger partial charge < -0.3 is 9.29 Å². The van der Waals surface area contributed by atoms with Crippen LogP contribution in [-0.2, 0) is 20.9 Å². The highest BCUT2D eigenvalue weighted by Crippen LogP contribution is 2.21. The summed E-state index contributed by atoms with van der Waals surface area (Å²) in [4.78, 5) is 12.0. The number of carbonyl (C=O) groups excluding carboxylic acids is 1. The highest BCUT2D eigenvalue weighted by molar-refractivity contribution is 9.10. The van der Waals surface area contributed by atoms with Crippen LogP contribution in [0.15, 0.2) is 27.1 Å². The molecule has 0 unspecified atom stereocenters. The lowest BCUT2D eigenvalue weighted by Gasteiger charge is -2.19. The second-order valence-electron chi connectivity index (χ2n) is 5.15. The van der Waals surface area contributed by atoms with E-state index >= 15 is 0 Å². The molecule has 0 radical (unpaired) electrons. The predicted octanol–water partition coefficient (Wildman–Crippen LogP) is 3.40. The summed E-state index contributed by atoms with van der Waals surface area (Å²) in [5, 5.41) is 0. The van der Waals surface area contributed by atoms with Crippen LogP contribution in [0.3, 0.4) is 0 Å². The molecular formula is C14H17BrFNO3S. The number of benzene rings is 1. The molecule has 7 heteroatoms. The van der Waals surface area contributed by atoms with Crippen molar-refractivity contribution in [2.45, 2.75) is 32.4 Å². The molecule has 0 fully saturated rings. The smallest absolute Gasteiger partial charge is 0.362 e. The number of nitrogens with zero attached hydrogens (tertiary/aromatic N) is 1. The van der Waals surface area contributed by atoms with Crippen molar-refractivity contribution in [3.63, 3.8) is 0 Å². The number of esters is 1. The summed E-state index contributed by atoms with van der Waals surface area (Å²) in [5.41, 5.74) is -0.315. The van der Waals surface area contributed by atoms with Crippen LogP contribution < -0.4 is 0 Å². The zero-order valence-electron chi connectivity index (χ0n) is 12.3. The Hall–Kier alpha value is -0.920. The van der Waals surface area contributed by atoms with E-state index in [2.05, 4.69) is 20.3 Å². The lowest BCUT2D eigenvalue weighted by molar-refractivity contribution is -0.134. The highest BCUT2D eigenvalue weighted by Gasteiger charge is 2.31. The summed E-state index contributed by atoms with van der Waals surface area (Å²) in [6.45, 7) is 6.90. The van der Waals surface area contributed by atoms with Crippen LogP contribution >= 0.6 is 15.9 Å². The van der Waals surface area contributed by atoms with Crippen molar-refractivity contribution in [2.75, 3.05) is 6.61 Å². The number of rotatable bonds is 4. The van der Waals surface area contributed by atoms with E-state index in [0.29, 0.717) is 4.47 Å². The largest absolute Gasteiger partial charge is 0.591 e. The van der Waals surface area contributed by atoms with E-state index < -0.39 is 27.9 Å². The molecule has 1 aromatic carbocycles. The molecule has 0 amide bonds. The average Bonchev–Trinajstić information content (AvgIpc) is 2.38. The molecule has 116 valence electrons. The number of carbonyl (C=O) groups is 1. The molecule has 21 heavy (non-hydrogen) atoms. The molecule has 1 atom stereocenters. The van der Waals surface area contributed by atoms with E-state index in [1.165, 1.54) is 18.2 Å². The third-order valence-electron chi connectivity index (χ3n) is 2.35. The summed E-state index contributed by atoms with van der Waals surface area (Å²) in [7, 11) is 0. The molecule has 0 heterocycles. The fourth-order valence-electron chi connectivity index (χ4n) is 1.29. The van der Waals surface area contributed by atoms with Crippen molar-refractivity contribution in [1.29, 1.82) is 0 Å². The van der Waals surface area contributed by atoms with E-state index in [1.807, 2.05) is 0 Å². The predicted molar refractivity (Wildman–Crippen MR) is 85.2 cm³/mol. The normalized spacial score (nSPS) is 14.0. The van der Waals surface area contributed by atoms with Gasteiger partial charge in [-0.15, -0.1) is 0 Å². The summed E-state index contributed by atoms with van der Waals surface area (Å²) in [6, 6.07) is 4.11. The Balaban J connectivity index is 3.35. The van der Waals surface area contributed by atoms with Gasteiger partial charge in [-0.2, -0.15) is 0 Å². The van der Waals surface area contributed by atoms with E-state index in [0.717, 1.165) is 0 Å². The fourth-order valence-corrected chi connectivity index (χ4v) is 2.27. The summed E-state index contributed by atoms with van der Waals surface area (Å²) >= 11 is 1.51. The van der Waals surface area contributed by atoms with E-state index in [-0.39, 0.29) is 17.9 Å². The van der Waals surface area contributed by atoms with Crippen molar-refractivity contribution in [2.24, 2.45) is 4.40 Å². The first-order valence-corrected chi connectivity index (χ1v) is 8.20. The molecular weight excluding hydrogens is 361 g/mol. The minimum Gasteiger partial charge on any atom is -0.591 e. The molecule has 0 saturated carbocycles. The van der Waals surface area contributed by atoms with Gasteiger partial charge in [0.05, 0.1) is 6.61 Å². The Kier molecular flexibility index (Phi) is 6.37. The zero-order chi connectivity index (χ0) is 16.2. The van der Waals surface area contributed by atoms with Crippen LogP contribution in [0, 0.1) is 5.82 Å². The van der Waals surface area contributed by atoms with Crippen molar-refractivity contribution in [3.8, 4) is 0 Å². The Bertz CT molecular complexity index is 558. The highest BCUT2D eigenvalue weighted by atomic mass is 79.9. The monoisotopic (exact) mass is 377 g/mol. The third kappa shape index (κ3) is 5.09. The SMILES string of the molecule is CCOC(=O)C(=N[S@@+]([O-])C(C)(C)C)c1cc(Br)ccc1F. The zero-order valence-corrected chi connectivity index (χ0v) is 14.7. The van der Waals surface area contributed by atoms with Gasteiger partial charge in [0, 0.05) is 10.0 Å². The molecule has 0 bridgehead atoms. The van der Waals surface area contributed by atoms with Crippen molar-refractivity contribution >= 4 is 39.0 Å². The topological polar surface area (TPSA) is 61.7 Å². The molecule has 0 aromatic heterocycles. The maximum atomic E-state index is 14.0. The van der Waals surface area contributed by atoms with Crippen molar-refractivity contribution in [3.05, 3.63) is 34.1 Å². The van der Waals surface area contributed by atoms with Crippen LogP contribution in [0.4, 0.5) is 4.39 Å². The molecule has 0 aliphatic rings. The van der Waals surface area contributed by atoms with Gasteiger partial charge in [0.15, 0.2) is 0 Å². The summed E-state index contributed by atoms with van der Waals surface area (Å²) in [5.74, 6) is -1.43. The van der Waals surface area contributed by atoms with Gasteiger partial charge in [-0.1, -0.05) is 20.3 Å². The van der Waals surface area contributed by atoms with Gasteiger partial charge in [0.25, 0.3) is 0 Å². The van der Waals surface area contributed by atoms with Gasteiger partial charge in [-0.3, -0.25) is 0 Å². The quantitative estimate of drug-likeness (QED) is 0.458. The maximum Gasteiger partial charge on any atom is 0.362 e. The van der Waals surface area contributed by atoms with Gasteiger partial charge >= 0.3 is 5.97 Å². The Morgan fingerprint density at radius 1 is 1.48 bits per heavy atom. The van der Waals surface area contributed by atoms with Gasteiger partial charge in [0.2, 0.25) is 5.71 Å². The van der Waals surface area contributed by atoms with Crippen molar-refractivity contribution in [1.82, 2.24) is 0 Å². The van der Waals surface area contributed by atoms with Crippen LogP contribution in [0.1, 0.15) is 33.3 Å². The Labute approximate surface area is 135 Å². The summed E-state index contributed by atoms with van der Waals surface area (Å²) < 4.78 is 34.8. The molecule has 0 aliphatic heterocycles. The minimum absolute atomic E-state index is 0.0413. The number of hydrogen-bond donors (Lipinski definition) is 0. The minimum atomic E-state index is -1.70. The second-order valence-corrected chi connectivity index (χ2v) is 7.97. The average molecular weight is 378 g/mol. The summed E-state index contributed by atoms with van der Waals surface area (Å²) in [6.07, 6.45) is 0. The lowest BCUT2D eigenvalue weighted by Crippen LogP contribution is -2.29. The molecule has 0 saturated heterocycles. The molecule has 1 aromatic rings. The standard InChI is InChI=1S/C14H17BrFNO3S/c1-5-20-13(18)12(17-21(19)14(2,3)4)10-8-9(15)6-7-11(10)16/h6-8H,5H2,1-4H3/t21-/m0/s1. The Morgan fingerprint density at radius 3 is 2.62 bits per heavy atom. The fraction of sp³-hybridized carbons (Fsp3) is 0.429. The van der Waals surface area contributed by atoms with Gasteiger partial charge in [-0.25, -0.2) is 9.18 Å². The maximum absolute atomic E-state index is 14.0. The first-order valence-electron chi connectivity index (χ1n) is 6.30. The van der Waals surface area contributed by atoms with E-state index in [9.17, 15) is 13.7 Å². The molecule has 0 spiro atoms. The van der Waals surface area contributed by atoms with Crippen LogP contribution in [0.5, 0.6) is 0 Å². The first-order chi connectivity index (χ1) is 9.66. The number of ether oxygens (including phenoxy) is 1. The van der Waals surface area contributed by atoms with Crippen LogP contribution in [0.2, 0.25) is 0 Å². The molecule has 4 nitrogen and oxygen atoms in total. The third-order valence-corrected chi connectivity index (χ3v) is 4.24. The van der Waals surface area contributed by atoms with E-state index in [4.69, 9.17) is 4.74 Å². The van der Waals surface area contributed by atoms with Crippen LogP contribution in [-0.4, -0.2) is 27.6 Å². The molecule has 0 aliphatic carbocycles. The molecule has 1 rings (SSSR count). The van der Waals surface area contributed by atoms with Crippen LogP contribution in [0.25, 0.3) is 0 Å². The van der Waals surface area contributed by atoms with Gasteiger partial charge in [-0.05, 0) is 45.9 Å². The van der Waals surface area contributed by atoms with Gasteiger partial charge in [0.1, 0.15) is 21.9 Å². The lowest BCUT2D eigenvalue weighted by atomic mass is 10.1. The molecule has 0 N–H and O–H groups in total.